The van der Waals surface area contributed by atoms with Gasteiger partial charge in [-0.1, -0.05) is 127 Å². The van der Waals surface area contributed by atoms with Crippen LogP contribution < -0.4 is 4.90 Å². The lowest BCUT2D eigenvalue weighted by atomic mass is 10.0. The third kappa shape index (κ3) is 5.71. The number of anilines is 3. The van der Waals surface area contributed by atoms with Gasteiger partial charge in [-0.25, -0.2) is 0 Å². The first-order valence-electron chi connectivity index (χ1n) is 17.2. The topological polar surface area (TPSA) is 28.4 Å². The summed E-state index contributed by atoms with van der Waals surface area (Å²) >= 11 is 0. The number of nitrogens with zero attached hydrogens (tertiary/aromatic N) is 2. The predicted octanol–water partition coefficient (Wildman–Crippen LogP) is 13.0. The fourth-order valence-corrected chi connectivity index (χ4v) is 7.17. The lowest BCUT2D eigenvalue weighted by Crippen LogP contribution is -2.09. The molecule has 0 fully saturated rings. The van der Waals surface area contributed by atoms with Gasteiger partial charge < -0.3 is 14.6 Å². The van der Waals surface area contributed by atoms with E-state index in [1.165, 1.54) is 32.9 Å². The number of benzene rings is 8. The molecular formula is C48H34N2O. The molecule has 0 spiro atoms. The summed E-state index contributed by atoms with van der Waals surface area (Å²) in [5.74, 6) is 0.266. The maximum absolute atomic E-state index is 9.78. The van der Waals surface area contributed by atoms with E-state index in [1.54, 1.807) is 12.1 Å². The minimum atomic E-state index is 0.266. The molecule has 51 heavy (non-hydrogen) atoms. The Balaban J connectivity index is 1.09. The molecule has 0 aliphatic carbocycles. The molecule has 0 amide bonds. The Morgan fingerprint density at radius 1 is 0.333 bits per heavy atom. The summed E-state index contributed by atoms with van der Waals surface area (Å²) in [7, 11) is 0. The van der Waals surface area contributed by atoms with Gasteiger partial charge in [0.2, 0.25) is 0 Å². The average Bonchev–Trinajstić information content (AvgIpc) is 3.54. The first kappa shape index (κ1) is 30.2. The van der Waals surface area contributed by atoms with E-state index in [0.717, 1.165) is 45.0 Å². The van der Waals surface area contributed by atoms with Gasteiger partial charge in [0.15, 0.2) is 0 Å². The minimum absolute atomic E-state index is 0.266. The molecule has 9 aromatic rings. The lowest BCUT2D eigenvalue weighted by molar-refractivity contribution is 0.475. The number of aromatic hydroxyl groups is 1. The number of phenolic OH excluding ortho intramolecular Hbond substituents is 1. The molecule has 0 saturated carbocycles. The van der Waals surface area contributed by atoms with E-state index in [2.05, 4.69) is 179 Å². The van der Waals surface area contributed by atoms with E-state index in [9.17, 15) is 5.11 Å². The van der Waals surface area contributed by atoms with Crippen LogP contribution in [0.3, 0.4) is 0 Å². The Morgan fingerprint density at radius 3 is 1.24 bits per heavy atom. The van der Waals surface area contributed by atoms with Crippen molar-refractivity contribution >= 4 is 38.9 Å². The summed E-state index contributed by atoms with van der Waals surface area (Å²) in [5, 5.41) is 12.3. The van der Waals surface area contributed by atoms with Gasteiger partial charge in [0.05, 0.1) is 11.0 Å². The van der Waals surface area contributed by atoms with Crippen molar-refractivity contribution in [2.45, 2.75) is 0 Å². The molecule has 3 nitrogen and oxygen atoms in total. The SMILES string of the molecule is Oc1ccc(-c2ccc(N(c3ccc(-c4ccccc4)cc3)c3ccc(-c4cccc(-n5c6ccccc6c6ccccc65)c4)cc3)cc2)cc1. The predicted molar refractivity (Wildman–Crippen MR) is 213 cm³/mol. The Morgan fingerprint density at radius 2 is 0.725 bits per heavy atom. The number of hydrogen-bond donors (Lipinski definition) is 1. The van der Waals surface area contributed by atoms with Gasteiger partial charge in [-0.15, -0.1) is 0 Å². The van der Waals surface area contributed by atoms with Gasteiger partial charge in [0.1, 0.15) is 5.75 Å². The van der Waals surface area contributed by atoms with Crippen molar-refractivity contribution in [1.82, 2.24) is 4.57 Å². The fraction of sp³-hybridized carbons (Fsp3) is 0. The van der Waals surface area contributed by atoms with E-state index in [1.807, 2.05) is 18.2 Å². The van der Waals surface area contributed by atoms with E-state index in [4.69, 9.17) is 0 Å². The van der Waals surface area contributed by atoms with Gasteiger partial charge in [-0.05, 0) is 106 Å². The molecule has 0 atom stereocenters. The Kier molecular flexibility index (Phi) is 7.64. The van der Waals surface area contributed by atoms with E-state index >= 15 is 0 Å². The number of aromatic nitrogens is 1. The van der Waals surface area contributed by atoms with Crippen molar-refractivity contribution in [1.29, 1.82) is 0 Å². The van der Waals surface area contributed by atoms with Crippen LogP contribution in [0.25, 0.3) is 60.9 Å². The largest absolute Gasteiger partial charge is 0.508 e. The van der Waals surface area contributed by atoms with Gasteiger partial charge in [-0.2, -0.15) is 0 Å². The molecule has 0 bridgehead atoms. The number of hydrogen-bond acceptors (Lipinski definition) is 2. The zero-order valence-corrected chi connectivity index (χ0v) is 27.9. The quantitative estimate of drug-likeness (QED) is 0.185. The van der Waals surface area contributed by atoms with Crippen LogP contribution in [-0.2, 0) is 0 Å². The summed E-state index contributed by atoms with van der Waals surface area (Å²) in [6, 6.07) is 70.2. The highest BCUT2D eigenvalue weighted by Gasteiger charge is 2.15. The van der Waals surface area contributed by atoms with Gasteiger partial charge >= 0.3 is 0 Å². The first-order valence-corrected chi connectivity index (χ1v) is 17.2. The van der Waals surface area contributed by atoms with Gasteiger partial charge in [-0.3, -0.25) is 0 Å². The second-order valence-electron chi connectivity index (χ2n) is 12.8. The maximum Gasteiger partial charge on any atom is 0.115 e. The molecule has 0 saturated heterocycles. The van der Waals surface area contributed by atoms with Crippen LogP contribution in [0, 0.1) is 0 Å². The Labute approximate surface area is 297 Å². The molecule has 1 N–H and O–H groups in total. The molecule has 0 aliphatic rings. The highest BCUT2D eigenvalue weighted by molar-refractivity contribution is 6.09. The van der Waals surface area contributed by atoms with Crippen molar-refractivity contribution < 1.29 is 5.11 Å². The lowest BCUT2D eigenvalue weighted by Gasteiger charge is -2.26. The Bertz CT molecular complexity index is 2550. The number of rotatable bonds is 7. The first-order chi connectivity index (χ1) is 25.2. The van der Waals surface area contributed by atoms with Crippen LogP contribution in [-0.4, -0.2) is 9.67 Å². The monoisotopic (exact) mass is 654 g/mol. The molecule has 242 valence electrons. The van der Waals surface area contributed by atoms with Crippen LogP contribution in [0.15, 0.2) is 200 Å². The molecule has 0 unspecified atom stereocenters. The summed E-state index contributed by atoms with van der Waals surface area (Å²) in [6.07, 6.45) is 0. The van der Waals surface area contributed by atoms with E-state index < -0.39 is 0 Å². The average molecular weight is 655 g/mol. The van der Waals surface area contributed by atoms with Crippen molar-refractivity contribution in [2.24, 2.45) is 0 Å². The van der Waals surface area contributed by atoms with Crippen LogP contribution in [0.4, 0.5) is 17.1 Å². The normalized spacial score (nSPS) is 11.2. The molecular weight excluding hydrogens is 621 g/mol. The van der Waals surface area contributed by atoms with Crippen molar-refractivity contribution in [3.63, 3.8) is 0 Å². The standard InChI is InChI=1S/C48H34N2O/c51-44-31-23-37(24-32-44)36-19-27-41(28-20-36)49(40-25-17-35(18-26-40)34-9-2-1-3-10-34)42-29-21-38(22-30-42)39-11-8-12-43(33-39)50-47-15-6-4-13-45(47)46-14-5-7-16-48(46)50/h1-33,51H. The second-order valence-corrected chi connectivity index (χ2v) is 12.8. The van der Waals surface area contributed by atoms with E-state index in [0.29, 0.717) is 0 Å². The molecule has 0 radical (unpaired) electrons. The van der Waals surface area contributed by atoms with Crippen molar-refractivity contribution in [2.75, 3.05) is 4.90 Å². The summed E-state index contributed by atoms with van der Waals surface area (Å²) in [5.41, 5.74) is 13.6. The molecule has 8 aromatic carbocycles. The highest BCUT2D eigenvalue weighted by atomic mass is 16.3. The third-order valence-electron chi connectivity index (χ3n) is 9.70. The van der Waals surface area contributed by atoms with Gasteiger partial charge in [0.25, 0.3) is 0 Å². The van der Waals surface area contributed by atoms with Crippen LogP contribution in [0.5, 0.6) is 5.75 Å². The molecule has 0 aliphatic heterocycles. The fourth-order valence-electron chi connectivity index (χ4n) is 7.17. The zero-order chi connectivity index (χ0) is 34.1. The van der Waals surface area contributed by atoms with E-state index in [-0.39, 0.29) is 5.75 Å². The van der Waals surface area contributed by atoms with Crippen LogP contribution in [0.2, 0.25) is 0 Å². The maximum atomic E-state index is 9.78. The van der Waals surface area contributed by atoms with Crippen molar-refractivity contribution in [3.05, 3.63) is 200 Å². The van der Waals surface area contributed by atoms with Crippen molar-refractivity contribution in [3.8, 4) is 44.8 Å². The molecule has 1 aromatic heterocycles. The smallest absolute Gasteiger partial charge is 0.115 e. The third-order valence-corrected chi connectivity index (χ3v) is 9.70. The highest BCUT2D eigenvalue weighted by Crippen LogP contribution is 2.38. The summed E-state index contributed by atoms with van der Waals surface area (Å²) < 4.78 is 2.37. The van der Waals surface area contributed by atoms with Gasteiger partial charge in [0, 0.05) is 33.5 Å². The summed E-state index contributed by atoms with van der Waals surface area (Å²) in [6.45, 7) is 0. The number of fused-ring (bicyclic) bond motifs is 3. The molecule has 1 heterocycles. The minimum Gasteiger partial charge on any atom is -0.508 e. The number of para-hydroxylation sites is 2. The summed E-state index contributed by atoms with van der Waals surface area (Å²) in [4.78, 5) is 2.30. The number of phenols is 1. The van der Waals surface area contributed by atoms with Crippen LogP contribution in [0.1, 0.15) is 0 Å². The molecule has 3 heteroatoms. The Hall–Kier alpha value is -6.84. The van der Waals surface area contributed by atoms with Crippen LogP contribution >= 0.6 is 0 Å². The molecule has 9 rings (SSSR count). The second kappa shape index (κ2) is 12.9. The zero-order valence-electron chi connectivity index (χ0n) is 27.9.